The number of ketones is 1. The summed E-state index contributed by atoms with van der Waals surface area (Å²) in [6.45, 7) is 10.0. The van der Waals surface area contributed by atoms with E-state index in [9.17, 15) is 23.1 Å². The second-order valence-corrected chi connectivity index (χ2v) is 9.68. The molecule has 0 fully saturated rings. The number of carbonyl (C=O) groups is 2. The molecule has 0 saturated heterocycles. The zero-order valence-corrected chi connectivity index (χ0v) is 18.9. The van der Waals surface area contributed by atoms with Crippen molar-refractivity contribution < 1.29 is 23.1 Å². The smallest absolute Gasteiger partial charge is 0.226 e. The van der Waals surface area contributed by atoms with Crippen LogP contribution in [0.5, 0.6) is 0 Å². The average molecular weight is 463 g/mol. The number of benzene rings is 2. The Balaban J connectivity index is 2.09. The van der Waals surface area contributed by atoms with Crippen LogP contribution in [0.2, 0.25) is 5.02 Å². The summed E-state index contributed by atoms with van der Waals surface area (Å²) >= 11 is 6.19. The molecule has 2 N–H and O–H groups in total. The Bertz CT molecular complexity index is 1140. The topological polar surface area (TPSA) is 105 Å². The largest absolute Gasteiger partial charge is 0.393 e. The van der Waals surface area contributed by atoms with Gasteiger partial charge in [-0.3, -0.25) is 9.59 Å². The van der Waals surface area contributed by atoms with E-state index in [-0.39, 0.29) is 23.4 Å². The van der Waals surface area contributed by atoms with Gasteiger partial charge in [0.15, 0.2) is 15.6 Å². The number of hydrogen-bond donors (Lipinski definition) is 2. The molecule has 0 aliphatic rings. The number of nitrogens with one attached hydrogen (secondary N) is 1. The Morgan fingerprint density at radius 3 is 2.32 bits per heavy atom. The van der Waals surface area contributed by atoms with Crippen molar-refractivity contribution in [2.75, 3.05) is 12.8 Å². The van der Waals surface area contributed by atoms with Crippen molar-refractivity contribution >= 4 is 38.8 Å². The molecule has 0 saturated carbocycles. The third kappa shape index (κ3) is 6.14. The zero-order chi connectivity index (χ0) is 23.3. The monoisotopic (exact) mass is 462 g/mol. The van der Waals surface area contributed by atoms with Gasteiger partial charge >= 0.3 is 0 Å². The maximum Gasteiger partial charge on any atom is 0.226 e. The molecular weight excluding hydrogens is 440 g/mol. The number of Topliss-reactive ketones (excluding diaryl/α,β-unsaturated/α-hetero) is 1. The van der Waals surface area contributed by atoms with Crippen molar-refractivity contribution in [1.29, 1.82) is 0 Å². The van der Waals surface area contributed by atoms with Crippen molar-refractivity contribution in [2.24, 2.45) is 5.92 Å². The molecule has 0 radical (unpaired) electrons. The highest BCUT2D eigenvalue weighted by atomic mass is 35.5. The number of hydrogen-bond acceptors (Lipinski definition) is 5. The summed E-state index contributed by atoms with van der Waals surface area (Å²) in [7, 11) is -3.37. The standard InChI is InChI=1S/C22H23ClN2O5S/c1-13-16(7-10-19(24-3)21(13)23)11-18(14(2)26)22(28)25-12-20(27)15-5-8-17(9-6-15)31(4,29)30/h5-10,14,18,26H,11-12H2,1-2,4H3,(H,25,28)/t14-,18-/m1/s1. The summed E-state index contributed by atoms with van der Waals surface area (Å²) in [6, 6.07) is 8.72. The lowest BCUT2D eigenvalue weighted by Gasteiger charge is -2.21. The van der Waals surface area contributed by atoms with E-state index in [0.29, 0.717) is 16.3 Å². The molecular formula is C22H23ClN2O5S. The van der Waals surface area contributed by atoms with Crippen LogP contribution >= 0.6 is 11.6 Å². The fraction of sp³-hybridized carbons (Fsp3) is 0.318. The molecule has 7 nitrogen and oxygen atoms in total. The number of aliphatic hydroxyl groups excluding tert-OH is 1. The first kappa shape index (κ1) is 24.5. The molecule has 0 aliphatic carbocycles. The van der Waals surface area contributed by atoms with Crippen molar-refractivity contribution in [1.82, 2.24) is 5.32 Å². The fourth-order valence-corrected chi connectivity index (χ4v) is 3.88. The quantitative estimate of drug-likeness (QED) is 0.463. The molecule has 0 spiro atoms. The summed E-state index contributed by atoms with van der Waals surface area (Å²) in [5, 5.41) is 13.0. The zero-order valence-electron chi connectivity index (χ0n) is 17.3. The average Bonchev–Trinajstić information content (AvgIpc) is 2.72. The number of sulfone groups is 1. The number of carbonyl (C=O) groups excluding carboxylic acids is 2. The van der Waals surface area contributed by atoms with Gasteiger partial charge in [-0.25, -0.2) is 13.3 Å². The summed E-state index contributed by atoms with van der Waals surface area (Å²) in [4.78, 5) is 28.4. The van der Waals surface area contributed by atoms with Crippen LogP contribution in [0.1, 0.15) is 28.4 Å². The van der Waals surface area contributed by atoms with Crippen LogP contribution in [-0.4, -0.2) is 44.1 Å². The molecule has 164 valence electrons. The first-order chi connectivity index (χ1) is 14.5. The van der Waals surface area contributed by atoms with Crippen LogP contribution in [0, 0.1) is 19.4 Å². The highest BCUT2D eigenvalue weighted by molar-refractivity contribution is 7.90. The lowest BCUT2D eigenvalue weighted by molar-refractivity contribution is -0.127. The highest BCUT2D eigenvalue weighted by Crippen LogP contribution is 2.32. The number of amides is 1. The van der Waals surface area contributed by atoms with E-state index in [1.54, 1.807) is 19.1 Å². The second-order valence-electron chi connectivity index (χ2n) is 7.28. The lowest BCUT2D eigenvalue weighted by atomic mass is 9.91. The maximum absolute atomic E-state index is 12.6. The third-order valence-corrected chi connectivity index (χ3v) is 6.59. The van der Waals surface area contributed by atoms with Gasteiger partial charge in [0.2, 0.25) is 11.6 Å². The molecule has 0 aliphatic heterocycles. The normalized spacial score (nSPS) is 13.2. The van der Waals surface area contributed by atoms with E-state index >= 15 is 0 Å². The summed E-state index contributed by atoms with van der Waals surface area (Å²) in [6.07, 6.45) is 0.275. The van der Waals surface area contributed by atoms with E-state index in [1.807, 2.05) is 0 Å². The number of rotatable bonds is 8. The van der Waals surface area contributed by atoms with Crippen LogP contribution in [0.3, 0.4) is 0 Å². The number of aliphatic hydroxyl groups is 1. The molecule has 0 unspecified atom stereocenters. The van der Waals surface area contributed by atoms with Gasteiger partial charge in [-0.1, -0.05) is 35.9 Å². The van der Waals surface area contributed by atoms with Crippen LogP contribution in [0.4, 0.5) is 5.69 Å². The minimum absolute atomic E-state index is 0.0977. The molecule has 0 aromatic heterocycles. The molecule has 1 amide bonds. The molecule has 31 heavy (non-hydrogen) atoms. The van der Waals surface area contributed by atoms with Gasteiger partial charge in [0.05, 0.1) is 35.1 Å². The first-order valence-corrected chi connectivity index (χ1v) is 11.7. The maximum atomic E-state index is 12.6. The van der Waals surface area contributed by atoms with Gasteiger partial charge in [0, 0.05) is 11.8 Å². The van der Waals surface area contributed by atoms with Crippen molar-refractivity contribution in [2.45, 2.75) is 31.3 Å². The molecule has 2 aromatic rings. The molecule has 2 aromatic carbocycles. The first-order valence-electron chi connectivity index (χ1n) is 9.40. The molecule has 0 heterocycles. The SMILES string of the molecule is [C-]#[N+]c1ccc(C[C@@H](C(=O)NCC(=O)c2ccc(S(C)(=O)=O)cc2)[C@@H](C)O)c(C)c1Cl. The molecule has 0 bridgehead atoms. The lowest BCUT2D eigenvalue weighted by Crippen LogP contribution is -2.40. The second kappa shape index (κ2) is 10.1. The van der Waals surface area contributed by atoms with Gasteiger partial charge < -0.3 is 10.4 Å². The Morgan fingerprint density at radius 2 is 1.81 bits per heavy atom. The highest BCUT2D eigenvalue weighted by Gasteiger charge is 2.26. The van der Waals surface area contributed by atoms with Crippen LogP contribution < -0.4 is 5.32 Å². The molecule has 2 atom stereocenters. The van der Waals surface area contributed by atoms with Crippen LogP contribution in [0.15, 0.2) is 41.3 Å². The third-order valence-electron chi connectivity index (χ3n) is 4.99. The van der Waals surface area contributed by atoms with Crippen LogP contribution in [-0.2, 0) is 21.1 Å². The fourth-order valence-electron chi connectivity index (χ4n) is 3.03. The Hall–Kier alpha value is -2.73. The summed E-state index contributed by atoms with van der Waals surface area (Å²) < 4.78 is 23.0. The Morgan fingerprint density at radius 1 is 1.19 bits per heavy atom. The van der Waals surface area contributed by atoms with E-state index in [2.05, 4.69) is 10.2 Å². The van der Waals surface area contributed by atoms with Crippen LogP contribution in [0.25, 0.3) is 4.85 Å². The van der Waals surface area contributed by atoms with Gasteiger partial charge in [-0.15, -0.1) is 0 Å². The Labute approximate surface area is 186 Å². The van der Waals surface area contributed by atoms with E-state index < -0.39 is 33.5 Å². The van der Waals surface area contributed by atoms with E-state index in [4.69, 9.17) is 18.2 Å². The number of nitrogens with zero attached hydrogens (tertiary/aromatic N) is 1. The van der Waals surface area contributed by atoms with Gasteiger partial charge in [0.1, 0.15) is 0 Å². The van der Waals surface area contributed by atoms with Gasteiger partial charge in [0.25, 0.3) is 0 Å². The summed E-state index contributed by atoms with van der Waals surface area (Å²) in [5.41, 5.74) is 1.96. The minimum Gasteiger partial charge on any atom is -0.393 e. The predicted molar refractivity (Wildman–Crippen MR) is 118 cm³/mol. The van der Waals surface area contributed by atoms with Gasteiger partial charge in [-0.05, 0) is 43.5 Å². The molecule has 9 heteroatoms. The van der Waals surface area contributed by atoms with E-state index in [0.717, 1.165) is 11.8 Å². The van der Waals surface area contributed by atoms with Crippen molar-refractivity contribution in [3.05, 3.63) is 69.5 Å². The predicted octanol–water partition coefficient (Wildman–Crippen LogP) is 3.14. The summed E-state index contributed by atoms with van der Waals surface area (Å²) in [5.74, 6) is -1.71. The van der Waals surface area contributed by atoms with Gasteiger partial charge in [-0.2, -0.15) is 0 Å². The van der Waals surface area contributed by atoms with Crippen molar-refractivity contribution in [3.8, 4) is 0 Å². The van der Waals surface area contributed by atoms with E-state index in [1.165, 1.54) is 31.2 Å². The minimum atomic E-state index is -3.37. The molecule has 2 rings (SSSR count). The Kier molecular flexibility index (Phi) is 7.96. The van der Waals surface area contributed by atoms with Crippen molar-refractivity contribution in [3.63, 3.8) is 0 Å². The number of halogens is 1.